The molecule has 1 heterocycles. The van der Waals surface area contributed by atoms with Crippen molar-refractivity contribution in [3.8, 4) is 0 Å². The molecule has 1 unspecified atom stereocenters. The van der Waals surface area contributed by atoms with Crippen molar-refractivity contribution in [2.24, 2.45) is 46.3 Å². The van der Waals surface area contributed by atoms with Crippen LogP contribution in [0.15, 0.2) is 11.3 Å². The molecule has 190 valence electrons. The van der Waals surface area contributed by atoms with E-state index in [1.54, 1.807) is 0 Å². The molecule has 0 N–H and O–H groups in total. The van der Waals surface area contributed by atoms with Gasteiger partial charge in [0.05, 0.1) is 5.76 Å². The Morgan fingerprint density at radius 2 is 1.97 bits per heavy atom. The van der Waals surface area contributed by atoms with Gasteiger partial charge in [-0.3, -0.25) is 9.59 Å². The molecule has 4 nitrogen and oxygen atoms in total. The molecule has 0 spiro atoms. The van der Waals surface area contributed by atoms with E-state index in [4.69, 9.17) is 21.1 Å². The van der Waals surface area contributed by atoms with Crippen molar-refractivity contribution < 1.29 is 19.1 Å². The molecule has 0 saturated heterocycles. The van der Waals surface area contributed by atoms with Gasteiger partial charge in [-0.25, -0.2) is 0 Å². The fourth-order valence-electron chi connectivity index (χ4n) is 9.28. The van der Waals surface area contributed by atoms with Crippen LogP contribution in [0.25, 0.3) is 0 Å². The predicted molar refractivity (Wildman–Crippen MR) is 133 cm³/mol. The van der Waals surface area contributed by atoms with Crippen molar-refractivity contribution in [2.45, 2.75) is 105 Å². The summed E-state index contributed by atoms with van der Waals surface area (Å²) in [5, 5.41) is 0. The van der Waals surface area contributed by atoms with Crippen molar-refractivity contribution >= 4 is 23.4 Å². The first-order chi connectivity index (χ1) is 16.1. The molecule has 0 amide bonds. The van der Waals surface area contributed by atoms with Crippen molar-refractivity contribution in [3.05, 3.63) is 11.3 Å². The number of halogens is 1. The van der Waals surface area contributed by atoms with Gasteiger partial charge in [0.1, 0.15) is 18.0 Å². The lowest BCUT2D eigenvalue weighted by Crippen LogP contribution is -2.57. The molecule has 4 saturated carbocycles. The molecule has 1 aliphatic heterocycles. The molecule has 5 rings (SSSR count). The number of esters is 1. The van der Waals surface area contributed by atoms with Crippen LogP contribution in [-0.4, -0.2) is 29.8 Å². The Morgan fingerprint density at radius 1 is 1.21 bits per heavy atom. The van der Waals surface area contributed by atoms with Crippen LogP contribution in [0.3, 0.4) is 0 Å². The molecule has 34 heavy (non-hydrogen) atoms. The summed E-state index contributed by atoms with van der Waals surface area (Å²) >= 11 is 6.03. The summed E-state index contributed by atoms with van der Waals surface area (Å²) in [4.78, 5) is 25.6. The summed E-state index contributed by atoms with van der Waals surface area (Å²) in [5.74, 6) is 4.92. The number of allylic oxidation sites excluding steroid dienone is 1. The Labute approximate surface area is 210 Å². The Hall–Kier alpha value is -1.03. The third-order valence-electron chi connectivity index (χ3n) is 11.2. The highest BCUT2D eigenvalue weighted by Gasteiger charge is 2.67. The average molecular weight is 491 g/mol. The molecule has 0 aromatic rings. The van der Waals surface area contributed by atoms with Crippen LogP contribution in [0.4, 0.5) is 0 Å². The number of carbonyl (C=O) groups is 2. The monoisotopic (exact) mass is 490 g/mol. The summed E-state index contributed by atoms with van der Waals surface area (Å²) in [7, 11) is 0. The van der Waals surface area contributed by atoms with E-state index in [1.165, 1.54) is 25.3 Å². The fraction of sp³-hybridized carbons (Fsp3) is 0.862. The molecule has 4 fully saturated rings. The van der Waals surface area contributed by atoms with Crippen molar-refractivity contribution in [1.29, 1.82) is 0 Å². The second-order valence-electron chi connectivity index (χ2n) is 12.8. The van der Waals surface area contributed by atoms with Crippen molar-refractivity contribution in [1.82, 2.24) is 0 Å². The first-order valence-corrected chi connectivity index (χ1v) is 14.3. The predicted octanol–water partition coefficient (Wildman–Crippen LogP) is 6.69. The van der Waals surface area contributed by atoms with Crippen molar-refractivity contribution in [2.75, 3.05) is 5.88 Å². The quantitative estimate of drug-likeness (QED) is 0.318. The largest absolute Gasteiger partial charge is 0.494 e. The minimum absolute atomic E-state index is 0.0589. The van der Waals surface area contributed by atoms with E-state index >= 15 is 0 Å². The Kier molecular flexibility index (Phi) is 6.39. The molecular formula is C29H43ClO4. The molecule has 10 atom stereocenters. The van der Waals surface area contributed by atoms with Gasteiger partial charge in [-0.1, -0.05) is 20.8 Å². The van der Waals surface area contributed by atoms with Gasteiger partial charge in [0.15, 0.2) is 0 Å². The number of Topliss-reactive ketones (excluding diaryl/α,β-unsaturated/α-hetero) is 1. The van der Waals surface area contributed by atoms with E-state index in [2.05, 4.69) is 27.7 Å². The first kappa shape index (κ1) is 24.7. The van der Waals surface area contributed by atoms with Crippen LogP contribution in [0, 0.1) is 46.3 Å². The summed E-state index contributed by atoms with van der Waals surface area (Å²) in [6.45, 7) is 10.7. The van der Waals surface area contributed by atoms with Gasteiger partial charge >= 0.3 is 5.97 Å². The third kappa shape index (κ3) is 3.68. The summed E-state index contributed by atoms with van der Waals surface area (Å²) in [5.41, 5.74) is 1.24. The number of hydrogen-bond acceptors (Lipinski definition) is 4. The number of ketones is 1. The second kappa shape index (κ2) is 8.82. The van der Waals surface area contributed by atoms with Gasteiger partial charge < -0.3 is 9.47 Å². The van der Waals surface area contributed by atoms with E-state index in [0.717, 1.165) is 50.7 Å². The van der Waals surface area contributed by atoms with Crippen LogP contribution >= 0.6 is 11.6 Å². The SMILES string of the molecule is CC(=O)O[C@H]1CC[C@@]2(C)[C@@H](CC[C@@H]3[C@@H]2CC(=O)[C@@]2(C)[C@H]3C[C@@H]3OC(CCC(C)CCl)=C(C)[C@@H]32)C1. The topological polar surface area (TPSA) is 52.6 Å². The zero-order valence-corrected chi connectivity index (χ0v) is 22.5. The van der Waals surface area contributed by atoms with E-state index in [9.17, 15) is 9.59 Å². The van der Waals surface area contributed by atoms with Gasteiger partial charge in [0.2, 0.25) is 0 Å². The lowest BCUT2D eigenvalue weighted by molar-refractivity contribution is -0.165. The van der Waals surface area contributed by atoms with E-state index in [1.807, 2.05) is 0 Å². The zero-order valence-electron chi connectivity index (χ0n) is 21.7. The summed E-state index contributed by atoms with van der Waals surface area (Å²) < 4.78 is 12.2. The van der Waals surface area contributed by atoms with E-state index in [0.29, 0.717) is 41.3 Å². The molecule has 4 aliphatic carbocycles. The minimum Gasteiger partial charge on any atom is -0.494 e. The number of hydrogen-bond donors (Lipinski definition) is 0. The number of alkyl halides is 1. The molecule has 5 heteroatoms. The second-order valence-corrected chi connectivity index (χ2v) is 13.2. The van der Waals surface area contributed by atoms with Crippen LogP contribution < -0.4 is 0 Å². The van der Waals surface area contributed by atoms with Crippen LogP contribution in [0.2, 0.25) is 0 Å². The maximum absolute atomic E-state index is 14.0. The highest BCUT2D eigenvalue weighted by Crippen LogP contribution is 2.68. The highest BCUT2D eigenvalue weighted by molar-refractivity contribution is 6.18. The Balaban J connectivity index is 1.36. The standard InChI is InChI=1S/C29H43ClO4/c1-16(15-30)6-9-24-17(2)27-25(34-24)13-23-21-8-7-19-12-20(33-18(3)31)10-11-28(19,4)22(21)14-26(32)29(23,27)5/h16,19-23,25,27H,6-15H2,1-5H3/t16?,19-,20-,21+,22-,23-,25-,27-,28-,29+/m0/s1. The fourth-order valence-corrected chi connectivity index (χ4v) is 9.43. The molecule has 5 aliphatic rings. The molecular weight excluding hydrogens is 448 g/mol. The van der Waals surface area contributed by atoms with Gasteiger partial charge in [0.25, 0.3) is 0 Å². The molecule has 0 aromatic heterocycles. The lowest BCUT2D eigenvalue weighted by atomic mass is 9.44. The number of ether oxygens (including phenoxy) is 2. The van der Waals surface area contributed by atoms with Gasteiger partial charge in [-0.15, -0.1) is 11.6 Å². The van der Waals surface area contributed by atoms with Crippen LogP contribution in [-0.2, 0) is 19.1 Å². The normalized spacial score (nSPS) is 46.2. The zero-order chi connectivity index (χ0) is 24.4. The summed E-state index contributed by atoms with van der Waals surface area (Å²) in [6.07, 6.45) is 9.33. The molecule has 0 bridgehead atoms. The summed E-state index contributed by atoms with van der Waals surface area (Å²) in [6, 6.07) is 0. The lowest BCUT2D eigenvalue weighted by Gasteiger charge is -2.60. The first-order valence-electron chi connectivity index (χ1n) is 13.7. The van der Waals surface area contributed by atoms with Crippen LogP contribution in [0.5, 0.6) is 0 Å². The number of rotatable bonds is 5. The number of fused-ring (bicyclic) bond motifs is 7. The number of carbonyl (C=O) groups excluding carboxylic acids is 2. The maximum atomic E-state index is 14.0. The smallest absolute Gasteiger partial charge is 0.302 e. The van der Waals surface area contributed by atoms with E-state index < -0.39 is 0 Å². The molecule has 0 radical (unpaired) electrons. The van der Waals surface area contributed by atoms with E-state index in [-0.39, 0.29) is 34.9 Å². The highest BCUT2D eigenvalue weighted by atomic mass is 35.5. The van der Waals surface area contributed by atoms with Gasteiger partial charge in [-0.2, -0.15) is 0 Å². The van der Waals surface area contributed by atoms with Crippen LogP contribution in [0.1, 0.15) is 92.4 Å². The maximum Gasteiger partial charge on any atom is 0.302 e. The third-order valence-corrected chi connectivity index (χ3v) is 11.7. The Bertz CT molecular complexity index is 881. The minimum atomic E-state index is -0.284. The Morgan fingerprint density at radius 3 is 2.68 bits per heavy atom. The van der Waals surface area contributed by atoms with Gasteiger partial charge in [0, 0.05) is 37.0 Å². The van der Waals surface area contributed by atoms with Crippen molar-refractivity contribution in [3.63, 3.8) is 0 Å². The molecule has 0 aromatic carbocycles. The average Bonchev–Trinajstić information content (AvgIpc) is 3.27. The van der Waals surface area contributed by atoms with Gasteiger partial charge in [-0.05, 0) is 92.4 Å².